The molecule has 0 aliphatic rings. The molecule has 0 atom stereocenters. The molecule has 2 aromatic heterocycles. The van der Waals surface area contributed by atoms with Crippen molar-refractivity contribution < 1.29 is 10.2 Å². The third kappa shape index (κ3) is 1.68. The zero-order valence-electron chi connectivity index (χ0n) is 8.53. The zero-order valence-corrected chi connectivity index (χ0v) is 9.35. The smallest absolute Gasteiger partial charge is 0.190 e. The van der Waals surface area contributed by atoms with E-state index >= 15 is 0 Å². The number of phenols is 2. The number of aromatic nitrogens is 3. The molecule has 0 bridgehead atoms. The first kappa shape index (κ1) is 9.98. The first-order valence-electron chi connectivity index (χ1n) is 4.84. The predicted molar refractivity (Wildman–Crippen MR) is 64.0 cm³/mol. The van der Waals surface area contributed by atoms with E-state index in [1.54, 1.807) is 12.4 Å². The van der Waals surface area contributed by atoms with Crippen LogP contribution in [-0.2, 0) is 0 Å². The quantitative estimate of drug-likeness (QED) is 0.642. The van der Waals surface area contributed by atoms with E-state index in [1.165, 1.54) is 29.5 Å². The zero-order chi connectivity index (χ0) is 11.8. The van der Waals surface area contributed by atoms with Gasteiger partial charge < -0.3 is 10.2 Å². The van der Waals surface area contributed by atoms with Gasteiger partial charge in [-0.05, 0) is 18.2 Å². The van der Waals surface area contributed by atoms with Gasteiger partial charge in [0.1, 0.15) is 16.5 Å². The van der Waals surface area contributed by atoms with Crippen molar-refractivity contribution in [3.05, 3.63) is 30.6 Å². The molecule has 2 N–H and O–H groups in total. The van der Waals surface area contributed by atoms with Crippen LogP contribution in [0, 0.1) is 0 Å². The van der Waals surface area contributed by atoms with E-state index in [0.29, 0.717) is 21.0 Å². The summed E-state index contributed by atoms with van der Waals surface area (Å²) in [6.45, 7) is 0. The standard InChI is InChI=1S/C11H7N3O2S/c15-6-1-2-8(16)7(5-6)10-14-9-11(17-10)13-4-3-12-9/h1-5,15-16H. The van der Waals surface area contributed by atoms with Crippen LogP contribution < -0.4 is 0 Å². The van der Waals surface area contributed by atoms with Crippen molar-refractivity contribution in [2.24, 2.45) is 0 Å². The number of phenolic OH excluding ortho intramolecular Hbond substituents is 2. The normalized spacial score (nSPS) is 10.8. The Hall–Kier alpha value is -2.21. The van der Waals surface area contributed by atoms with Gasteiger partial charge in [0.2, 0.25) is 0 Å². The van der Waals surface area contributed by atoms with Gasteiger partial charge in [0.15, 0.2) is 10.5 Å². The molecule has 0 aliphatic heterocycles. The summed E-state index contributed by atoms with van der Waals surface area (Å²) in [7, 11) is 0. The lowest BCUT2D eigenvalue weighted by Gasteiger charge is -2.00. The summed E-state index contributed by atoms with van der Waals surface area (Å²) in [5.41, 5.74) is 1.02. The van der Waals surface area contributed by atoms with E-state index in [9.17, 15) is 10.2 Å². The molecular formula is C11H7N3O2S. The summed E-state index contributed by atoms with van der Waals surface area (Å²) >= 11 is 1.32. The fraction of sp³-hybridized carbons (Fsp3) is 0. The Morgan fingerprint density at radius 2 is 1.88 bits per heavy atom. The monoisotopic (exact) mass is 245 g/mol. The first-order valence-corrected chi connectivity index (χ1v) is 5.65. The Kier molecular flexibility index (Phi) is 2.15. The Morgan fingerprint density at radius 1 is 1.06 bits per heavy atom. The third-order valence-electron chi connectivity index (χ3n) is 2.26. The lowest BCUT2D eigenvalue weighted by atomic mass is 10.2. The summed E-state index contributed by atoms with van der Waals surface area (Å²) < 4.78 is 0. The van der Waals surface area contributed by atoms with Crippen LogP contribution in [0.25, 0.3) is 21.0 Å². The molecule has 0 saturated carbocycles. The van der Waals surface area contributed by atoms with Gasteiger partial charge in [0.05, 0.1) is 5.56 Å². The molecule has 1 aromatic carbocycles. The molecular weight excluding hydrogens is 238 g/mol. The topological polar surface area (TPSA) is 79.1 Å². The average Bonchev–Trinajstić information content (AvgIpc) is 2.75. The number of fused-ring (bicyclic) bond motifs is 1. The second-order valence-electron chi connectivity index (χ2n) is 3.41. The Balaban J connectivity index is 2.23. The van der Waals surface area contributed by atoms with Gasteiger partial charge >= 0.3 is 0 Å². The lowest BCUT2D eigenvalue weighted by Crippen LogP contribution is -1.79. The van der Waals surface area contributed by atoms with Crippen molar-refractivity contribution in [1.29, 1.82) is 0 Å². The van der Waals surface area contributed by atoms with Crippen LogP contribution >= 0.6 is 11.3 Å². The van der Waals surface area contributed by atoms with Crippen LogP contribution in [0.2, 0.25) is 0 Å². The highest BCUT2D eigenvalue weighted by Crippen LogP contribution is 2.35. The third-order valence-corrected chi connectivity index (χ3v) is 3.24. The Labute approximate surface area is 100 Å². The molecule has 0 unspecified atom stereocenters. The number of nitrogens with zero attached hydrogens (tertiary/aromatic N) is 3. The number of thiazole rings is 1. The van der Waals surface area contributed by atoms with Gasteiger partial charge in [-0.3, -0.25) is 0 Å². The molecule has 0 amide bonds. The van der Waals surface area contributed by atoms with E-state index in [1.807, 2.05) is 0 Å². The summed E-state index contributed by atoms with van der Waals surface area (Å²) in [6, 6.07) is 4.31. The van der Waals surface area contributed by atoms with E-state index in [-0.39, 0.29) is 11.5 Å². The summed E-state index contributed by atoms with van der Waals surface area (Å²) in [6.07, 6.45) is 3.15. The average molecular weight is 245 g/mol. The van der Waals surface area contributed by atoms with Crippen molar-refractivity contribution in [2.45, 2.75) is 0 Å². The SMILES string of the molecule is Oc1ccc(O)c(-c2nc3nccnc3s2)c1. The van der Waals surface area contributed by atoms with Gasteiger partial charge in [0.25, 0.3) is 0 Å². The van der Waals surface area contributed by atoms with Crippen LogP contribution in [-0.4, -0.2) is 25.2 Å². The highest BCUT2D eigenvalue weighted by atomic mass is 32.1. The van der Waals surface area contributed by atoms with E-state index in [2.05, 4.69) is 15.0 Å². The van der Waals surface area contributed by atoms with Crippen LogP contribution in [0.4, 0.5) is 0 Å². The maximum Gasteiger partial charge on any atom is 0.190 e. The molecule has 17 heavy (non-hydrogen) atoms. The van der Waals surface area contributed by atoms with Crippen molar-refractivity contribution in [1.82, 2.24) is 15.0 Å². The molecule has 5 nitrogen and oxygen atoms in total. The lowest BCUT2D eigenvalue weighted by molar-refractivity contribution is 0.462. The van der Waals surface area contributed by atoms with E-state index in [4.69, 9.17) is 0 Å². The molecule has 3 aromatic rings. The number of aromatic hydroxyl groups is 2. The van der Waals surface area contributed by atoms with Crippen molar-refractivity contribution >= 4 is 21.8 Å². The largest absolute Gasteiger partial charge is 0.508 e. The van der Waals surface area contributed by atoms with Crippen molar-refractivity contribution in [2.75, 3.05) is 0 Å². The molecule has 0 saturated heterocycles. The summed E-state index contributed by atoms with van der Waals surface area (Å²) in [4.78, 5) is 13.2. The Morgan fingerprint density at radius 3 is 2.71 bits per heavy atom. The van der Waals surface area contributed by atoms with Crippen LogP contribution in [0.3, 0.4) is 0 Å². The molecule has 0 aliphatic carbocycles. The van der Waals surface area contributed by atoms with Gasteiger partial charge in [-0.25, -0.2) is 15.0 Å². The van der Waals surface area contributed by atoms with Crippen LogP contribution in [0.5, 0.6) is 11.5 Å². The maximum absolute atomic E-state index is 9.73. The fourth-order valence-corrected chi connectivity index (χ4v) is 2.38. The number of hydrogen-bond acceptors (Lipinski definition) is 6. The highest BCUT2D eigenvalue weighted by Gasteiger charge is 2.12. The van der Waals surface area contributed by atoms with E-state index in [0.717, 1.165) is 0 Å². The van der Waals surface area contributed by atoms with Crippen LogP contribution in [0.15, 0.2) is 30.6 Å². The molecule has 0 radical (unpaired) electrons. The van der Waals surface area contributed by atoms with Gasteiger partial charge in [-0.1, -0.05) is 11.3 Å². The minimum Gasteiger partial charge on any atom is -0.508 e. The number of rotatable bonds is 1. The molecule has 84 valence electrons. The molecule has 3 rings (SSSR count). The summed E-state index contributed by atoms with van der Waals surface area (Å²) in [5, 5.41) is 19.7. The van der Waals surface area contributed by atoms with Gasteiger partial charge in [-0.2, -0.15) is 0 Å². The Bertz CT molecular complexity index is 663. The number of hydrogen-bond donors (Lipinski definition) is 2. The first-order chi connectivity index (χ1) is 8.24. The number of benzene rings is 1. The van der Waals surface area contributed by atoms with Crippen molar-refractivity contribution in [3.63, 3.8) is 0 Å². The van der Waals surface area contributed by atoms with E-state index < -0.39 is 0 Å². The summed E-state index contributed by atoms with van der Waals surface area (Å²) in [5.74, 6) is 0.153. The fourth-order valence-electron chi connectivity index (χ4n) is 1.49. The molecule has 2 heterocycles. The predicted octanol–water partition coefficient (Wildman–Crippen LogP) is 2.16. The molecule has 0 fully saturated rings. The minimum atomic E-state index is 0.0712. The van der Waals surface area contributed by atoms with Gasteiger partial charge in [0, 0.05) is 12.4 Å². The van der Waals surface area contributed by atoms with Crippen LogP contribution in [0.1, 0.15) is 0 Å². The maximum atomic E-state index is 9.73. The van der Waals surface area contributed by atoms with Crippen molar-refractivity contribution in [3.8, 4) is 22.1 Å². The second-order valence-corrected chi connectivity index (χ2v) is 4.38. The second kappa shape index (κ2) is 3.67. The highest BCUT2D eigenvalue weighted by molar-refractivity contribution is 7.21. The molecule has 6 heteroatoms. The molecule has 0 spiro atoms. The van der Waals surface area contributed by atoms with Gasteiger partial charge in [-0.15, -0.1) is 0 Å². The minimum absolute atomic E-state index is 0.0712.